The summed E-state index contributed by atoms with van der Waals surface area (Å²) in [5.74, 6) is -4.09. The number of thiophene rings is 1. The molecule has 0 atom stereocenters. The molecule has 1 aliphatic rings. The van der Waals surface area contributed by atoms with Crippen molar-refractivity contribution < 1.29 is 40.6 Å². The Bertz CT molecular complexity index is 1130. The van der Waals surface area contributed by atoms with E-state index in [4.69, 9.17) is 9.47 Å². The summed E-state index contributed by atoms with van der Waals surface area (Å²) in [6, 6.07) is 6.98. The monoisotopic (exact) mass is 504 g/mol. The number of hydrogen-bond donors (Lipinski definition) is 0. The van der Waals surface area contributed by atoms with E-state index in [0.717, 1.165) is 16.8 Å². The summed E-state index contributed by atoms with van der Waals surface area (Å²) in [7, 11) is 0. The normalized spacial score (nSPS) is 18.9. The third kappa shape index (κ3) is 5.60. The van der Waals surface area contributed by atoms with Gasteiger partial charge in [0.05, 0.1) is 24.2 Å². The smallest absolute Gasteiger partial charge is 0.494 e. The minimum atomic E-state index is -5.18. The van der Waals surface area contributed by atoms with Crippen LogP contribution in [0.1, 0.15) is 49.0 Å². The summed E-state index contributed by atoms with van der Waals surface area (Å²) in [5, 5.41) is 0.512. The van der Waals surface area contributed by atoms with Gasteiger partial charge >= 0.3 is 6.36 Å². The van der Waals surface area contributed by atoms with Gasteiger partial charge in [0, 0.05) is 10.1 Å². The number of halogens is 6. The van der Waals surface area contributed by atoms with Crippen molar-refractivity contribution in [2.24, 2.45) is 0 Å². The molecule has 0 saturated heterocycles. The average Bonchev–Trinajstić information content (AvgIpc) is 3.09. The van der Waals surface area contributed by atoms with Crippen molar-refractivity contribution in [3.05, 3.63) is 58.2 Å². The second-order valence-electron chi connectivity index (χ2n) is 8.08. The molecule has 0 aliphatic heterocycles. The molecule has 0 amide bonds. The van der Waals surface area contributed by atoms with Crippen molar-refractivity contribution in [1.29, 1.82) is 0 Å². The Morgan fingerprint density at radius 2 is 1.65 bits per heavy atom. The summed E-state index contributed by atoms with van der Waals surface area (Å²) in [4.78, 5) is 0.482. The highest BCUT2D eigenvalue weighted by atomic mass is 32.1. The van der Waals surface area contributed by atoms with Crippen LogP contribution in [-0.4, -0.2) is 19.1 Å². The van der Waals surface area contributed by atoms with Crippen LogP contribution in [0.5, 0.6) is 11.5 Å². The molecule has 1 aliphatic carbocycles. The maximum atomic E-state index is 14.7. The van der Waals surface area contributed by atoms with E-state index in [1.54, 1.807) is 18.2 Å². The Labute approximate surface area is 196 Å². The van der Waals surface area contributed by atoms with Crippen LogP contribution in [0, 0.1) is 17.5 Å². The molecule has 0 radical (unpaired) electrons. The van der Waals surface area contributed by atoms with Crippen molar-refractivity contribution in [2.75, 3.05) is 6.61 Å². The van der Waals surface area contributed by atoms with E-state index in [-0.39, 0.29) is 30.0 Å². The molecule has 34 heavy (non-hydrogen) atoms. The summed E-state index contributed by atoms with van der Waals surface area (Å²) < 4.78 is 95.4. The van der Waals surface area contributed by atoms with Gasteiger partial charge in [0.2, 0.25) is 5.75 Å². The lowest BCUT2D eigenvalue weighted by atomic mass is 9.82. The molecule has 3 aromatic rings. The zero-order valence-electron chi connectivity index (χ0n) is 18.2. The molecule has 0 unspecified atom stereocenters. The topological polar surface area (TPSA) is 27.7 Å². The van der Waals surface area contributed by atoms with Gasteiger partial charge in [0.25, 0.3) is 0 Å². The molecule has 0 N–H and O–H groups in total. The van der Waals surface area contributed by atoms with Gasteiger partial charge < -0.3 is 14.2 Å². The molecule has 1 fully saturated rings. The molecule has 1 heterocycles. The van der Waals surface area contributed by atoms with Crippen molar-refractivity contribution in [1.82, 2.24) is 0 Å². The van der Waals surface area contributed by atoms with Crippen LogP contribution in [0.4, 0.5) is 26.3 Å². The average molecular weight is 504 g/mol. The van der Waals surface area contributed by atoms with Crippen LogP contribution < -0.4 is 9.47 Å². The minimum Gasteiger partial charge on any atom is -0.494 e. The van der Waals surface area contributed by atoms with Gasteiger partial charge in [0.1, 0.15) is 11.6 Å². The van der Waals surface area contributed by atoms with Gasteiger partial charge in [-0.05, 0) is 74.4 Å². The maximum Gasteiger partial charge on any atom is 0.573 e. The fourth-order valence-corrected chi connectivity index (χ4v) is 5.26. The van der Waals surface area contributed by atoms with E-state index in [1.807, 2.05) is 6.92 Å². The van der Waals surface area contributed by atoms with Crippen molar-refractivity contribution in [2.45, 2.75) is 57.6 Å². The zero-order valence-corrected chi connectivity index (χ0v) is 19.0. The molecule has 1 aromatic heterocycles. The van der Waals surface area contributed by atoms with Gasteiger partial charge in [0.15, 0.2) is 11.6 Å². The van der Waals surface area contributed by atoms with Crippen LogP contribution in [0.3, 0.4) is 0 Å². The predicted octanol–water partition coefficient (Wildman–Crippen LogP) is 7.86. The van der Waals surface area contributed by atoms with Crippen molar-refractivity contribution in [3.63, 3.8) is 0 Å². The largest absolute Gasteiger partial charge is 0.573 e. The van der Waals surface area contributed by atoms with Gasteiger partial charge in [-0.3, -0.25) is 0 Å². The molecule has 184 valence electrons. The lowest BCUT2D eigenvalue weighted by Crippen LogP contribution is -2.21. The Hall–Kier alpha value is -2.46. The first-order valence-corrected chi connectivity index (χ1v) is 11.7. The Morgan fingerprint density at radius 1 is 0.971 bits per heavy atom. The SMILES string of the molecule is CCOc1ccc2c(F)c(COC3CCC(c4cc(F)c(OC(F)(F)F)c(F)c4)CC3)sc2c1. The predicted molar refractivity (Wildman–Crippen MR) is 116 cm³/mol. The standard InChI is InChI=1S/C24H22F6O3S/c1-2-31-16-7-8-17-20(11-16)34-21(22(17)27)12-32-15-5-3-13(4-6-15)14-9-18(25)23(19(26)10-14)33-24(28,29)30/h7-11,13,15H,2-6,12H2,1H3. The maximum absolute atomic E-state index is 14.7. The fraction of sp³-hybridized carbons (Fsp3) is 0.417. The van der Waals surface area contributed by atoms with Crippen LogP contribution in [-0.2, 0) is 11.3 Å². The van der Waals surface area contributed by atoms with Crippen LogP contribution in [0.2, 0.25) is 0 Å². The Kier molecular flexibility index (Phi) is 7.28. The zero-order chi connectivity index (χ0) is 24.5. The summed E-state index contributed by atoms with van der Waals surface area (Å²) in [5.41, 5.74) is 0.281. The molecule has 4 rings (SSSR count). The molecular formula is C24H22F6O3S. The number of ether oxygens (including phenoxy) is 3. The van der Waals surface area contributed by atoms with E-state index in [0.29, 0.717) is 48.3 Å². The first-order valence-electron chi connectivity index (χ1n) is 10.8. The highest BCUT2D eigenvalue weighted by Crippen LogP contribution is 2.39. The molecule has 0 spiro atoms. The second kappa shape index (κ2) is 10.0. The second-order valence-corrected chi connectivity index (χ2v) is 9.21. The summed E-state index contributed by atoms with van der Waals surface area (Å²) >= 11 is 1.30. The number of fused-ring (bicyclic) bond motifs is 1. The highest BCUT2D eigenvalue weighted by molar-refractivity contribution is 7.19. The molecule has 2 aromatic carbocycles. The quantitative estimate of drug-likeness (QED) is 0.307. The van der Waals surface area contributed by atoms with Gasteiger partial charge in [-0.1, -0.05) is 0 Å². The summed E-state index contributed by atoms with van der Waals surface area (Å²) in [6.45, 7) is 2.50. The fourth-order valence-electron chi connectivity index (χ4n) is 4.23. The summed E-state index contributed by atoms with van der Waals surface area (Å²) in [6.07, 6.45) is -3.10. The van der Waals surface area contributed by atoms with E-state index in [1.165, 1.54) is 11.3 Å². The van der Waals surface area contributed by atoms with E-state index in [2.05, 4.69) is 4.74 Å². The third-order valence-electron chi connectivity index (χ3n) is 5.81. The first-order chi connectivity index (χ1) is 16.1. The van der Waals surface area contributed by atoms with Crippen LogP contribution in [0.25, 0.3) is 10.1 Å². The minimum absolute atomic E-state index is 0.108. The number of hydrogen-bond acceptors (Lipinski definition) is 4. The molecule has 1 saturated carbocycles. The van der Waals surface area contributed by atoms with E-state index in [9.17, 15) is 26.3 Å². The molecular weight excluding hydrogens is 482 g/mol. The lowest BCUT2D eigenvalue weighted by molar-refractivity contribution is -0.276. The molecule has 0 bridgehead atoms. The first kappa shape index (κ1) is 24.7. The number of rotatable bonds is 7. The number of benzene rings is 2. The highest BCUT2D eigenvalue weighted by Gasteiger charge is 2.35. The lowest BCUT2D eigenvalue weighted by Gasteiger charge is -2.29. The Balaban J connectivity index is 1.35. The van der Waals surface area contributed by atoms with Gasteiger partial charge in [-0.25, -0.2) is 13.2 Å². The molecule has 3 nitrogen and oxygen atoms in total. The third-order valence-corrected chi connectivity index (χ3v) is 6.91. The molecule has 10 heteroatoms. The van der Waals surface area contributed by atoms with Crippen molar-refractivity contribution in [3.8, 4) is 11.5 Å². The van der Waals surface area contributed by atoms with E-state index >= 15 is 0 Å². The van der Waals surface area contributed by atoms with Crippen LogP contribution in [0.15, 0.2) is 30.3 Å². The van der Waals surface area contributed by atoms with Crippen molar-refractivity contribution >= 4 is 21.4 Å². The van der Waals surface area contributed by atoms with E-state index < -0.39 is 23.7 Å². The van der Waals surface area contributed by atoms with Crippen LogP contribution >= 0.6 is 11.3 Å². The Morgan fingerprint density at radius 3 is 2.26 bits per heavy atom. The number of alkyl halides is 3. The van der Waals surface area contributed by atoms with Gasteiger partial charge in [-0.2, -0.15) is 0 Å². The van der Waals surface area contributed by atoms with Gasteiger partial charge in [-0.15, -0.1) is 24.5 Å².